The molecule has 0 aliphatic heterocycles. The maximum absolute atomic E-state index is 8.56. The number of aromatic nitrogens is 1. The zero-order valence-corrected chi connectivity index (χ0v) is 8.12. The molecule has 68 valence electrons. The molecule has 0 saturated heterocycles. The van der Waals surface area contributed by atoms with Gasteiger partial charge in [0.25, 0.3) is 0 Å². The van der Waals surface area contributed by atoms with Crippen molar-refractivity contribution in [2.45, 2.75) is 6.42 Å². The van der Waals surface area contributed by atoms with E-state index in [0.717, 1.165) is 16.3 Å². The van der Waals surface area contributed by atoms with Crippen LogP contribution >= 0.6 is 11.6 Å². The predicted octanol–water partition coefficient (Wildman–Crippen LogP) is 2.95. The molecule has 14 heavy (non-hydrogen) atoms. The minimum Gasteiger partial charge on any atom is -0.244 e. The molecule has 3 heteroatoms. The average Bonchev–Trinajstić information content (AvgIpc) is 2.20. The summed E-state index contributed by atoms with van der Waals surface area (Å²) in [5.41, 5.74) is 0.968. The third kappa shape index (κ3) is 1.55. The Hall–Kier alpha value is -1.59. The third-order valence-electron chi connectivity index (χ3n) is 2.07. The van der Waals surface area contributed by atoms with E-state index < -0.39 is 0 Å². The van der Waals surface area contributed by atoms with E-state index in [-0.39, 0.29) is 0 Å². The van der Waals surface area contributed by atoms with Crippen molar-refractivity contribution in [3.05, 3.63) is 41.2 Å². The molecular formula is C11H7ClN2. The first-order valence-corrected chi connectivity index (χ1v) is 4.59. The Labute approximate surface area is 86.8 Å². The minimum atomic E-state index is 0.404. The molecule has 0 aliphatic carbocycles. The molecule has 0 bridgehead atoms. The Morgan fingerprint density at radius 2 is 2.21 bits per heavy atom. The van der Waals surface area contributed by atoms with Gasteiger partial charge in [-0.15, -0.1) is 0 Å². The normalized spacial score (nSPS) is 10.0. The molecule has 0 atom stereocenters. The summed E-state index contributed by atoms with van der Waals surface area (Å²) < 4.78 is 0. The van der Waals surface area contributed by atoms with Crippen LogP contribution in [0.25, 0.3) is 10.8 Å². The number of halogens is 1. The molecule has 0 unspecified atom stereocenters. The highest BCUT2D eigenvalue weighted by Gasteiger charge is 2.00. The quantitative estimate of drug-likeness (QED) is 0.667. The van der Waals surface area contributed by atoms with Gasteiger partial charge in [-0.1, -0.05) is 23.7 Å². The number of rotatable bonds is 1. The van der Waals surface area contributed by atoms with Crippen LogP contribution in [-0.2, 0) is 6.42 Å². The van der Waals surface area contributed by atoms with Gasteiger partial charge >= 0.3 is 0 Å². The van der Waals surface area contributed by atoms with Gasteiger partial charge in [0, 0.05) is 11.6 Å². The monoisotopic (exact) mass is 202 g/mol. The highest BCUT2D eigenvalue weighted by Crippen LogP contribution is 2.22. The molecule has 0 fully saturated rings. The Bertz CT molecular complexity index is 514. The lowest BCUT2D eigenvalue weighted by Crippen LogP contribution is -1.84. The van der Waals surface area contributed by atoms with Crippen LogP contribution in [0.15, 0.2) is 30.5 Å². The minimum absolute atomic E-state index is 0.404. The first kappa shape index (κ1) is 8.98. The smallest absolute Gasteiger partial charge is 0.136 e. The van der Waals surface area contributed by atoms with Crippen LogP contribution in [0.2, 0.25) is 5.15 Å². The van der Waals surface area contributed by atoms with Crippen LogP contribution in [0.1, 0.15) is 5.56 Å². The fourth-order valence-corrected chi connectivity index (χ4v) is 1.60. The Morgan fingerprint density at radius 1 is 1.36 bits per heavy atom. The van der Waals surface area contributed by atoms with E-state index in [1.807, 2.05) is 24.3 Å². The van der Waals surface area contributed by atoms with Crippen molar-refractivity contribution >= 4 is 22.4 Å². The fraction of sp³-hybridized carbons (Fsp3) is 0.0909. The van der Waals surface area contributed by atoms with Crippen LogP contribution in [0, 0.1) is 11.3 Å². The number of pyridine rings is 1. The van der Waals surface area contributed by atoms with E-state index in [1.54, 1.807) is 6.20 Å². The molecule has 0 spiro atoms. The lowest BCUT2D eigenvalue weighted by Gasteiger charge is -2.00. The van der Waals surface area contributed by atoms with Gasteiger partial charge in [-0.25, -0.2) is 4.98 Å². The molecule has 1 heterocycles. The van der Waals surface area contributed by atoms with Gasteiger partial charge in [0.2, 0.25) is 0 Å². The molecule has 0 radical (unpaired) electrons. The lowest BCUT2D eigenvalue weighted by atomic mass is 10.1. The third-order valence-corrected chi connectivity index (χ3v) is 2.37. The van der Waals surface area contributed by atoms with Crippen molar-refractivity contribution in [1.29, 1.82) is 5.26 Å². The lowest BCUT2D eigenvalue weighted by molar-refractivity contribution is 1.27. The number of nitriles is 1. The van der Waals surface area contributed by atoms with Crippen LogP contribution < -0.4 is 0 Å². The van der Waals surface area contributed by atoms with Crippen molar-refractivity contribution in [3.8, 4) is 6.07 Å². The van der Waals surface area contributed by atoms with Gasteiger partial charge in [-0.2, -0.15) is 5.26 Å². The van der Waals surface area contributed by atoms with E-state index in [1.165, 1.54) is 0 Å². The second kappa shape index (κ2) is 3.65. The van der Waals surface area contributed by atoms with Crippen molar-refractivity contribution in [2.24, 2.45) is 0 Å². The summed E-state index contributed by atoms with van der Waals surface area (Å²) in [6, 6.07) is 9.80. The van der Waals surface area contributed by atoms with E-state index >= 15 is 0 Å². The maximum atomic E-state index is 8.56. The highest BCUT2D eigenvalue weighted by molar-refractivity contribution is 6.34. The first-order chi connectivity index (χ1) is 6.81. The van der Waals surface area contributed by atoms with Crippen molar-refractivity contribution < 1.29 is 0 Å². The van der Waals surface area contributed by atoms with E-state index in [9.17, 15) is 0 Å². The van der Waals surface area contributed by atoms with Crippen LogP contribution in [0.4, 0.5) is 0 Å². The van der Waals surface area contributed by atoms with Gasteiger partial charge in [-0.05, 0) is 23.1 Å². The summed E-state index contributed by atoms with van der Waals surface area (Å²) >= 11 is 5.94. The summed E-state index contributed by atoms with van der Waals surface area (Å²) in [6.07, 6.45) is 2.08. The van der Waals surface area contributed by atoms with Crippen molar-refractivity contribution in [3.63, 3.8) is 0 Å². The van der Waals surface area contributed by atoms with Gasteiger partial charge in [-0.3, -0.25) is 0 Å². The molecule has 0 amide bonds. The molecule has 0 saturated carbocycles. The zero-order valence-electron chi connectivity index (χ0n) is 7.37. The standard InChI is InChI=1S/C11H7ClN2/c12-11-10-7-8(3-5-13)1-2-9(10)4-6-14-11/h1-2,4,6-7H,3H2. The van der Waals surface area contributed by atoms with E-state index in [2.05, 4.69) is 11.1 Å². The predicted molar refractivity (Wildman–Crippen MR) is 56.1 cm³/mol. The molecule has 2 aromatic rings. The van der Waals surface area contributed by atoms with Crippen molar-refractivity contribution in [1.82, 2.24) is 4.98 Å². The largest absolute Gasteiger partial charge is 0.244 e. The molecule has 0 aliphatic rings. The number of hydrogen-bond acceptors (Lipinski definition) is 2. The molecule has 2 nitrogen and oxygen atoms in total. The molecule has 0 N–H and O–H groups in total. The Balaban J connectivity index is 2.65. The topological polar surface area (TPSA) is 36.7 Å². The van der Waals surface area contributed by atoms with Crippen molar-refractivity contribution in [2.75, 3.05) is 0 Å². The Morgan fingerprint density at radius 3 is 3.00 bits per heavy atom. The molecule has 1 aromatic carbocycles. The summed E-state index contributed by atoms with van der Waals surface area (Å²) in [7, 11) is 0. The maximum Gasteiger partial charge on any atom is 0.136 e. The van der Waals surface area contributed by atoms with Gasteiger partial charge in [0.1, 0.15) is 5.15 Å². The highest BCUT2D eigenvalue weighted by atomic mass is 35.5. The number of hydrogen-bond donors (Lipinski definition) is 0. The van der Waals surface area contributed by atoms with E-state index in [4.69, 9.17) is 16.9 Å². The van der Waals surface area contributed by atoms with Crippen LogP contribution in [0.3, 0.4) is 0 Å². The van der Waals surface area contributed by atoms with Crippen LogP contribution in [-0.4, -0.2) is 4.98 Å². The summed E-state index contributed by atoms with van der Waals surface area (Å²) in [5.74, 6) is 0. The van der Waals surface area contributed by atoms with Gasteiger partial charge in [0.05, 0.1) is 12.5 Å². The molecular weight excluding hydrogens is 196 g/mol. The summed E-state index contributed by atoms with van der Waals surface area (Å²) in [6.45, 7) is 0. The Kier molecular flexibility index (Phi) is 2.34. The number of fused-ring (bicyclic) bond motifs is 1. The second-order valence-corrected chi connectivity index (χ2v) is 3.35. The number of nitrogens with zero attached hydrogens (tertiary/aromatic N) is 2. The fourth-order valence-electron chi connectivity index (χ4n) is 1.38. The summed E-state index contributed by atoms with van der Waals surface area (Å²) in [5, 5.41) is 11.0. The zero-order chi connectivity index (χ0) is 9.97. The second-order valence-electron chi connectivity index (χ2n) is 2.99. The number of benzene rings is 1. The van der Waals surface area contributed by atoms with Gasteiger partial charge in [0.15, 0.2) is 0 Å². The molecule has 2 rings (SSSR count). The SMILES string of the molecule is N#CCc1ccc2ccnc(Cl)c2c1. The molecule has 1 aromatic heterocycles. The summed E-state index contributed by atoms with van der Waals surface area (Å²) in [4.78, 5) is 3.99. The first-order valence-electron chi connectivity index (χ1n) is 4.21. The van der Waals surface area contributed by atoms with Crippen LogP contribution in [0.5, 0.6) is 0 Å². The van der Waals surface area contributed by atoms with E-state index in [0.29, 0.717) is 11.6 Å². The van der Waals surface area contributed by atoms with Gasteiger partial charge < -0.3 is 0 Å². The average molecular weight is 203 g/mol.